The van der Waals surface area contributed by atoms with Gasteiger partial charge in [0.25, 0.3) is 0 Å². The van der Waals surface area contributed by atoms with E-state index in [1.807, 2.05) is 0 Å². The van der Waals surface area contributed by atoms with E-state index in [0.717, 1.165) is 32.5 Å². The highest BCUT2D eigenvalue weighted by Crippen LogP contribution is 2.31. The summed E-state index contributed by atoms with van der Waals surface area (Å²) in [7, 11) is 0. The van der Waals surface area contributed by atoms with Gasteiger partial charge in [-0.05, 0) is 38.0 Å². The summed E-state index contributed by atoms with van der Waals surface area (Å²) in [6.45, 7) is 6.29. The zero-order chi connectivity index (χ0) is 14.8. The summed E-state index contributed by atoms with van der Waals surface area (Å²) < 4.78 is 5.34. The van der Waals surface area contributed by atoms with Gasteiger partial charge in [-0.1, -0.05) is 6.92 Å². The second-order valence-electron chi connectivity index (χ2n) is 6.42. The molecule has 2 aliphatic heterocycles. The summed E-state index contributed by atoms with van der Waals surface area (Å²) in [6, 6.07) is -0.264. The number of carboxylic acids is 1. The normalized spacial score (nSPS) is 29.2. The second-order valence-corrected chi connectivity index (χ2v) is 6.42. The molecule has 114 valence electrons. The molecule has 0 aliphatic carbocycles. The van der Waals surface area contributed by atoms with Crippen molar-refractivity contribution in [1.82, 2.24) is 10.2 Å². The fourth-order valence-electron chi connectivity index (χ4n) is 2.94. The average Bonchev–Trinajstić information content (AvgIpc) is 2.81. The Morgan fingerprint density at radius 2 is 1.90 bits per heavy atom. The third-order valence-electron chi connectivity index (χ3n) is 4.71. The van der Waals surface area contributed by atoms with Crippen LogP contribution in [0.25, 0.3) is 0 Å². The first kappa shape index (κ1) is 15.1. The molecule has 0 saturated carbocycles. The van der Waals surface area contributed by atoms with Crippen LogP contribution in [-0.2, 0) is 9.53 Å². The summed E-state index contributed by atoms with van der Waals surface area (Å²) >= 11 is 0. The number of hydrogen-bond acceptors (Lipinski definition) is 3. The molecular formula is C14H24N2O4. The molecule has 2 aliphatic rings. The number of likely N-dealkylation sites (tertiary alicyclic amines) is 1. The fourth-order valence-corrected chi connectivity index (χ4v) is 2.94. The molecule has 0 bridgehead atoms. The minimum absolute atomic E-state index is 0.0489. The molecule has 0 spiro atoms. The summed E-state index contributed by atoms with van der Waals surface area (Å²) in [4.78, 5) is 25.1. The predicted octanol–water partition coefficient (Wildman–Crippen LogP) is 1.45. The maximum absolute atomic E-state index is 12.3. The molecule has 6 heteroatoms. The van der Waals surface area contributed by atoms with Gasteiger partial charge in [-0.15, -0.1) is 0 Å². The second kappa shape index (κ2) is 5.60. The van der Waals surface area contributed by atoms with Gasteiger partial charge in [0, 0.05) is 26.3 Å². The first-order valence-corrected chi connectivity index (χ1v) is 7.24. The Labute approximate surface area is 119 Å². The molecule has 2 heterocycles. The molecule has 0 aromatic carbocycles. The first-order chi connectivity index (χ1) is 9.37. The van der Waals surface area contributed by atoms with Crippen LogP contribution in [0.3, 0.4) is 0 Å². The highest BCUT2D eigenvalue weighted by molar-refractivity contribution is 5.86. The van der Waals surface area contributed by atoms with Gasteiger partial charge >= 0.3 is 12.0 Å². The zero-order valence-electron chi connectivity index (χ0n) is 12.3. The van der Waals surface area contributed by atoms with Crippen LogP contribution < -0.4 is 5.32 Å². The van der Waals surface area contributed by atoms with Crippen LogP contribution in [0.15, 0.2) is 0 Å². The third-order valence-corrected chi connectivity index (χ3v) is 4.71. The van der Waals surface area contributed by atoms with Crippen molar-refractivity contribution in [2.45, 2.75) is 45.1 Å². The highest BCUT2D eigenvalue weighted by Gasteiger charge is 2.46. The van der Waals surface area contributed by atoms with Crippen LogP contribution in [0.1, 0.15) is 39.5 Å². The molecule has 6 nitrogen and oxygen atoms in total. The molecule has 1 unspecified atom stereocenters. The van der Waals surface area contributed by atoms with Crippen molar-refractivity contribution in [1.29, 1.82) is 0 Å². The van der Waals surface area contributed by atoms with E-state index in [1.54, 1.807) is 6.92 Å². The lowest BCUT2D eigenvalue weighted by atomic mass is 9.82. The number of carbonyl (C=O) groups is 2. The first-order valence-electron chi connectivity index (χ1n) is 7.24. The smallest absolute Gasteiger partial charge is 0.329 e. The molecule has 2 fully saturated rings. The molecule has 0 aromatic heterocycles. The minimum atomic E-state index is -1.07. The average molecular weight is 284 g/mol. The van der Waals surface area contributed by atoms with E-state index in [1.165, 1.54) is 4.90 Å². The molecule has 1 atom stereocenters. The van der Waals surface area contributed by atoms with Crippen LogP contribution in [-0.4, -0.2) is 53.8 Å². The molecule has 2 rings (SSSR count). The number of carbonyl (C=O) groups excluding carboxylic acids is 1. The van der Waals surface area contributed by atoms with Crippen molar-refractivity contribution in [3.63, 3.8) is 0 Å². The van der Waals surface area contributed by atoms with E-state index in [2.05, 4.69) is 12.2 Å². The maximum Gasteiger partial charge on any atom is 0.329 e. The number of ether oxygens (including phenoxy) is 1. The van der Waals surface area contributed by atoms with Gasteiger partial charge in [0.05, 0.1) is 0 Å². The van der Waals surface area contributed by atoms with Crippen LogP contribution >= 0.6 is 0 Å². The van der Waals surface area contributed by atoms with Gasteiger partial charge in [-0.3, -0.25) is 0 Å². The van der Waals surface area contributed by atoms with E-state index in [9.17, 15) is 14.7 Å². The van der Waals surface area contributed by atoms with Crippen molar-refractivity contribution in [2.24, 2.45) is 5.41 Å². The van der Waals surface area contributed by atoms with Crippen LogP contribution in [0.2, 0.25) is 0 Å². The monoisotopic (exact) mass is 284 g/mol. The number of aliphatic carboxylic acids is 1. The van der Waals surface area contributed by atoms with Crippen molar-refractivity contribution in [3.8, 4) is 0 Å². The predicted molar refractivity (Wildman–Crippen MR) is 73.5 cm³/mol. The van der Waals surface area contributed by atoms with Gasteiger partial charge < -0.3 is 20.1 Å². The van der Waals surface area contributed by atoms with Crippen molar-refractivity contribution < 1.29 is 19.4 Å². The minimum Gasteiger partial charge on any atom is -0.480 e. The Balaban J connectivity index is 1.93. The molecule has 20 heavy (non-hydrogen) atoms. The van der Waals surface area contributed by atoms with Crippen LogP contribution in [0, 0.1) is 5.41 Å². The number of carboxylic acid groups (broad SMARTS) is 1. The Morgan fingerprint density at radius 3 is 2.50 bits per heavy atom. The SMILES string of the molecule is CC1(CNC(=O)N2CCCC2(C)C(=O)O)CCOCC1. The lowest BCUT2D eigenvalue weighted by molar-refractivity contribution is -0.147. The third kappa shape index (κ3) is 2.90. The Kier molecular flexibility index (Phi) is 4.22. The summed E-state index contributed by atoms with van der Waals surface area (Å²) in [5.41, 5.74) is -1.02. The van der Waals surface area contributed by atoms with Crippen molar-refractivity contribution in [2.75, 3.05) is 26.3 Å². The number of nitrogens with zero attached hydrogens (tertiary/aromatic N) is 1. The Bertz CT molecular complexity index is 393. The molecule has 0 radical (unpaired) electrons. The number of nitrogens with one attached hydrogen (secondary N) is 1. The van der Waals surface area contributed by atoms with E-state index in [0.29, 0.717) is 19.5 Å². The van der Waals surface area contributed by atoms with Gasteiger partial charge in [-0.25, -0.2) is 9.59 Å². The van der Waals surface area contributed by atoms with E-state index >= 15 is 0 Å². The lowest BCUT2D eigenvalue weighted by Gasteiger charge is -2.36. The van der Waals surface area contributed by atoms with E-state index in [-0.39, 0.29) is 11.4 Å². The van der Waals surface area contributed by atoms with Crippen LogP contribution in [0.4, 0.5) is 4.79 Å². The van der Waals surface area contributed by atoms with Crippen molar-refractivity contribution >= 4 is 12.0 Å². The zero-order valence-corrected chi connectivity index (χ0v) is 12.3. The van der Waals surface area contributed by atoms with E-state index in [4.69, 9.17) is 4.74 Å². The number of urea groups is 1. The molecule has 2 N–H and O–H groups in total. The van der Waals surface area contributed by atoms with Gasteiger partial charge in [0.15, 0.2) is 0 Å². The molecular weight excluding hydrogens is 260 g/mol. The molecule has 0 aromatic rings. The lowest BCUT2D eigenvalue weighted by Crippen LogP contribution is -2.55. The summed E-state index contributed by atoms with van der Waals surface area (Å²) in [5.74, 6) is -0.928. The quantitative estimate of drug-likeness (QED) is 0.822. The largest absolute Gasteiger partial charge is 0.480 e. The number of hydrogen-bond donors (Lipinski definition) is 2. The Morgan fingerprint density at radius 1 is 1.25 bits per heavy atom. The summed E-state index contributed by atoms with van der Waals surface area (Å²) in [6.07, 6.45) is 3.09. The topological polar surface area (TPSA) is 78.9 Å². The van der Waals surface area contributed by atoms with Crippen LogP contribution in [0.5, 0.6) is 0 Å². The summed E-state index contributed by atoms with van der Waals surface area (Å²) in [5, 5.41) is 12.2. The molecule has 2 amide bonds. The van der Waals surface area contributed by atoms with Gasteiger partial charge in [0.1, 0.15) is 5.54 Å². The Hall–Kier alpha value is -1.30. The van der Waals surface area contributed by atoms with Gasteiger partial charge in [-0.2, -0.15) is 0 Å². The molecule has 2 saturated heterocycles. The highest BCUT2D eigenvalue weighted by atomic mass is 16.5. The fraction of sp³-hybridized carbons (Fsp3) is 0.857. The van der Waals surface area contributed by atoms with E-state index < -0.39 is 11.5 Å². The van der Waals surface area contributed by atoms with Crippen molar-refractivity contribution in [3.05, 3.63) is 0 Å². The number of rotatable bonds is 3. The van der Waals surface area contributed by atoms with Gasteiger partial charge in [0.2, 0.25) is 0 Å². The standard InChI is InChI=1S/C14H24N2O4/c1-13(5-8-20-9-6-13)10-15-12(19)16-7-3-4-14(16,2)11(17)18/h3-10H2,1-2H3,(H,15,19)(H,17,18). The number of amides is 2. The maximum atomic E-state index is 12.3.